The third-order valence-electron chi connectivity index (χ3n) is 3.52. The quantitative estimate of drug-likeness (QED) is 0.768. The summed E-state index contributed by atoms with van der Waals surface area (Å²) < 4.78 is 37.9. The molecule has 1 aliphatic rings. The average molecular weight is 345 g/mol. The molecule has 0 aliphatic carbocycles. The number of aryl methyl sites for hydroxylation is 1. The first-order valence-electron chi connectivity index (χ1n) is 7.36. The molecule has 2 rings (SSSR count). The summed E-state index contributed by atoms with van der Waals surface area (Å²) in [6, 6.07) is 5.15. The summed E-state index contributed by atoms with van der Waals surface area (Å²) in [7, 11) is -2.06. The second-order valence-corrected chi connectivity index (χ2v) is 8.38. The molecule has 1 aromatic rings. The molecule has 0 atom stereocenters. The van der Waals surface area contributed by atoms with Gasteiger partial charge in [0.1, 0.15) is 10.6 Å². The van der Waals surface area contributed by atoms with Crippen molar-refractivity contribution in [1.82, 2.24) is 4.72 Å². The van der Waals surface area contributed by atoms with E-state index in [9.17, 15) is 8.42 Å². The molecule has 22 heavy (non-hydrogen) atoms. The first-order valence-corrected chi connectivity index (χ1v) is 9.90. The molecular formula is C15H23NO4S2. The van der Waals surface area contributed by atoms with Gasteiger partial charge in [-0.1, -0.05) is 6.07 Å². The average Bonchev–Trinajstić information content (AvgIpc) is 2.52. The number of sulfonamides is 1. The van der Waals surface area contributed by atoms with Crippen LogP contribution in [0, 0.1) is 6.92 Å². The highest BCUT2D eigenvalue weighted by molar-refractivity contribution is 8.00. The van der Waals surface area contributed by atoms with Crippen molar-refractivity contribution in [3.05, 3.63) is 23.8 Å². The number of thioether (sulfide) groups is 1. The molecule has 1 aliphatic heterocycles. The number of nitrogens with one attached hydrogen (secondary N) is 1. The fourth-order valence-electron chi connectivity index (χ4n) is 2.32. The topological polar surface area (TPSA) is 64.6 Å². The standard InChI is InChI=1S/C15H23NO4S2/c1-12-3-4-14(19-2)15(11-12)22(17,18)16-7-10-21-13-5-8-20-9-6-13/h3-4,11,13,16H,5-10H2,1-2H3. The van der Waals surface area contributed by atoms with Crippen molar-refractivity contribution in [2.24, 2.45) is 0 Å². The minimum absolute atomic E-state index is 0.200. The zero-order valence-electron chi connectivity index (χ0n) is 13.0. The molecule has 0 spiro atoms. The first kappa shape index (κ1) is 17.6. The van der Waals surface area contributed by atoms with Gasteiger partial charge in [-0.3, -0.25) is 0 Å². The van der Waals surface area contributed by atoms with E-state index in [2.05, 4.69) is 4.72 Å². The van der Waals surface area contributed by atoms with E-state index in [1.807, 2.05) is 24.8 Å². The lowest BCUT2D eigenvalue weighted by atomic mass is 10.2. The summed E-state index contributed by atoms with van der Waals surface area (Å²) in [5.74, 6) is 1.13. The Hall–Kier alpha value is -0.760. The lowest BCUT2D eigenvalue weighted by Gasteiger charge is -2.21. The van der Waals surface area contributed by atoms with Crippen LogP contribution in [0.15, 0.2) is 23.1 Å². The van der Waals surface area contributed by atoms with Crippen LogP contribution in [0.3, 0.4) is 0 Å². The smallest absolute Gasteiger partial charge is 0.244 e. The third-order valence-corrected chi connectivity index (χ3v) is 6.39. The fourth-order valence-corrected chi connectivity index (χ4v) is 4.81. The maximum Gasteiger partial charge on any atom is 0.244 e. The van der Waals surface area contributed by atoms with Crippen molar-refractivity contribution in [3.63, 3.8) is 0 Å². The summed E-state index contributed by atoms with van der Waals surface area (Å²) in [6.45, 7) is 3.90. The van der Waals surface area contributed by atoms with Gasteiger partial charge in [0.25, 0.3) is 0 Å². The molecule has 0 unspecified atom stereocenters. The molecule has 0 radical (unpaired) electrons. The van der Waals surface area contributed by atoms with Crippen molar-refractivity contribution in [1.29, 1.82) is 0 Å². The van der Waals surface area contributed by atoms with Crippen LogP contribution in [0.5, 0.6) is 5.75 Å². The number of hydrogen-bond donors (Lipinski definition) is 1. The van der Waals surface area contributed by atoms with Gasteiger partial charge in [-0.25, -0.2) is 13.1 Å². The van der Waals surface area contributed by atoms with Crippen molar-refractivity contribution in [2.45, 2.75) is 29.9 Å². The van der Waals surface area contributed by atoms with E-state index in [-0.39, 0.29) is 4.90 Å². The van der Waals surface area contributed by atoms with Crippen LogP contribution in [0.25, 0.3) is 0 Å². The fraction of sp³-hybridized carbons (Fsp3) is 0.600. The minimum atomic E-state index is -3.54. The SMILES string of the molecule is COc1ccc(C)cc1S(=O)(=O)NCCSC1CCOCC1. The summed E-state index contributed by atoms with van der Waals surface area (Å²) in [6.07, 6.45) is 2.09. The monoisotopic (exact) mass is 345 g/mol. The Kier molecular flexibility index (Phi) is 6.55. The predicted octanol–water partition coefficient (Wildman–Crippen LogP) is 2.19. The van der Waals surface area contributed by atoms with Gasteiger partial charge in [0.2, 0.25) is 10.0 Å². The Morgan fingerprint density at radius 3 is 2.77 bits per heavy atom. The molecule has 7 heteroatoms. The van der Waals surface area contributed by atoms with Crippen LogP contribution in [0.2, 0.25) is 0 Å². The van der Waals surface area contributed by atoms with Gasteiger partial charge in [0.15, 0.2) is 0 Å². The number of benzene rings is 1. The summed E-state index contributed by atoms with van der Waals surface area (Å²) in [5, 5.41) is 0.576. The normalized spacial score (nSPS) is 16.6. The molecule has 0 saturated carbocycles. The van der Waals surface area contributed by atoms with Crippen molar-refractivity contribution >= 4 is 21.8 Å². The first-order chi connectivity index (χ1) is 10.5. The number of ether oxygens (including phenoxy) is 2. The summed E-state index contributed by atoms with van der Waals surface area (Å²) >= 11 is 1.81. The van der Waals surface area contributed by atoms with Crippen LogP contribution in [0.4, 0.5) is 0 Å². The van der Waals surface area contributed by atoms with Crippen LogP contribution in [-0.2, 0) is 14.8 Å². The highest BCUT2D eigenvalue weighted by Crippen LogP contribution is 2.25. The van der Waals surface area contributed by atoms with E-state index in [0.717, 1.165) is 37.4 Å². The molecule has 124 valence electrons. The van der Waals surface area contributed by atoms with Crippen molar-refractivity contribution in [3.8, 4) is 5.75 Å². The molecular weight excluding hydrogens is 322 g/mol. The summed E-state index contributed by atoms with van der Waals surface area (Å²) in [4.78, 5) is 0.200. The molecule has 0 amide bonds. The van der Waals surface area contributed by atoms with Crippen LogP contribution >= 0.6 is 11.8 Å². The second kappa shape index (κ2) is 8.19. The second-order valence-electron chi connectivity index (χ2n) is 5.23. The van der Waals surface area contributed by atoms with Crippen LogP contribution in [-0.4, -0.2) is 46.3 Å². The molecule has 0 aromatic heterocycles. The van der Waals surface area contributed by atoms with E-state index in [0.29, 0.717) is 17.5 Å². The van der Waals surface area contributed by atoms with Gasteiger partial charge >= 0.3 is 0 Å². The molecule has 0 bridgehead atoms. The number of methoxy groups -OCH3 is 1. The number of rotatable bonds is 7. The largest absolute Gasteiger partial charge is 0.495 e. The van der Waals surface area contributed by atoms with Crippen LogP contribution in [0.1, 0.15) is 18.4 Å². The molecule has 1 heterocycles. The highest BCUT2D eigenvalue weighted by atomic mass is 32.2. The third kappa shape index (κ3) is 4.87. The minimum Gasteiger partial charge on any atom is -0.495 e. The van der Waals surface area contributed by atoms with Crippen molar-refractivity contribution < 1.29 is 17.9 Å². The molecule has 1 aromatic carbocycles. The summed E-state index contributed by atoms with van der Waals surface area (Å²) in [5.41, 5.74) is 0.887. The van der Waals surface area contributed by atoms with Crippen LogP contribution < -0.4 is 9.46 Å². The van der Waals surface area contributed by atoms with Gasteiger partial charge in [-0.05, 0) is 37.5 Å². The zero-order valence-corrected chi connectivity index (χ0v) is 14.6. The van der Waals surface area contributed by atoms with E-state index in [1.165, 1.54) is 7.11 Å². The van der Waals surface area contributed by atoms with E-state index in [4.69, 9.17) is 9.47 Å². The van der Waals surface area contributed by atoms with Gasteiger partial charge < -0.3 is 9.47 Å². The van der Waals surface area contributed by atoms with E-state index in [1.54, 1.807) is 12.1 Å². The maximum absolute atomic E-state index is 12.4. The predicted molar refractivity (Wildman–Crippen MR) is 89.2 cm³/mol. The molecule has 5 nitrogen and oxygen atoms in total. The molecule has 1 N–H and O–H groups in total. The lowest BCUT2D eigenvalue weighted by molar-refractivity contribution is 0.100. The maximum atomic E-state index is 12.4. The van der Waals surface area contributed by atoms with Gasteiger partial charge in [-0.2, -0.15) is 11.8 Å². The Morgan fingerprint density at radius 2 is 2.09 bits per heavy atom. The Labute approximate surface area is 136 Å². The van der Waals surface area contributed by atoms with Gasteiger partial charge in [0, 0.05) is 30.8 Å². The lowest BCUT2D eigenvalue weighted by Crippen LogP contribution is -2.27. The van der Waals surface area contributed by atoms with Gasteiger partial charge in [-0.15, -0.1) is 0 Å². The van der Waals surface area contributed by atoms with E-state index < -0.39 is 10.0 Å². The Bertz CT molecular complexity index is 583. The number of hydrogen-bond acceptors (Lipinski definition) is 5. The zero-order chi connectivity index (χ0) is 16.0. The highest BCUT2D eigenvalue weighted by Gasteiger charge is 2.20. The molecule has 1 saturated heterocycles. The molecule has 1 fully saturated rings. The van der Waals surface area contributed by atoms with Gasteiger partial charge in [0.05, 0.1) is 7.11 Å². The Balaban J connectivity index is 1.89. The van der Waals surface area contributed by atoms with Crippen molar-refractivity contribution in [2.75, 3.05) is 32.6 Å². The Morgan fingerprint density at radius 1 is 1.36 bits per heavy atom. The van der Waals surface area contributed by atoms with E-state index >= 15 is 0 Å².